The van der Waals surface area contributed by atoms with E-state index in [1.165, 1.54) is 0 Å². The lowest BCUT2D eigenvalue weighted by Crippen LogP contribution is -2.53. The Hall–Kier alpha value is -1.43. The first kappa shape index (κ1) is 11.4. The zero-order valence-electron chi connectivity index (χ0n) is 10.4. The number of hydrogen-bond donors (Lipinski definition) is 0. The van der Waals surface area contributed by atoms with Crippen LogP contribution < -0.4 is 4.74 Å². The van der Waals surface area contributed by atoms with Crippen molar-refractivity contribution >= 4 is 5.97 Å². The minimum absolute atomic E-state index is 0.129. The van der Waals surface area contributed by atoms with Crippen molar-refractivity contribution in [3.63, 3.8) is 0 Å². The Morgan fingerprint density at radius 1 is 1.00 bits per heavy atom. The molecule has 5 nitrogen and oxygen atoms in total. The van der Waals surface area contributed by atoms with Crippen molar-refractivity contribution in [3.05, 3.63) is 29.8 Å². The number of rotatable bonds is 0. The van der Waals surface area contributed by atoms with E-state index in [0.29, 0.717) is 32.0 Å². The molecule has 3 aliphatic rings. The molecule has 100 valence electrons. The minimum atomic E-state index is -0.866. The molecule has 2 fully saturated rings. The number of fused-ring (bicyclic) bond motifs is 3. The zero-order chi connectivity index (χ0) is 12.9. The van der Waals surface area contributed by atoms with Gasteiger partial charge in [0.25, 0.3) is 0 Å². The van der Waals surface area contributed by atoms with Crippen LogP contribution >= 0.6 is 0 Å². The van der Waals surface area contributed by atoms with Crippen LogP contribution in [0.5, 0.6) is 5.75 Å². The van der Waals surface area contributed by atoms with Gasteiger partial charge in [0.05, 0.1) is 26.2 Å². The molecule has 2 saturated heterocycles. The molecule has 0 bridgehead atoms. The Morgan fingerprint density at radius 2 is 1.79 bits per heavy atom. The van der Waals surface area contributed by atoms with E-state index < -0.39 is 11.4 Å². The molecule has 0 saturated carbocycles. The van der Waals surface area contributed by atoms with Gasteiger partial charge in [0, 0.05) is 12.0 Å². The Labute approximate surface area is 110 Å². The summed E-state index contributed by atoms with van der Waals surface area (Å²) in [4.78, 5) is 11.9. The topological polar surface area (TPSA) is 54.0 Å². The zero-order valence-corrected chi connectivity index (χ0v) is 10.4. The lowest BCUT2D eigenvalue weighted by atomic mass is 9.80. The molecule has 5 heteroatoms. The second-order valence-corrected chi connectivity index (χ2v) is 5.02. The molecule has 0 radical (unpaired) electrons. The first-order valence-corrected chi connectivity index (χ1v) is 6.48. The number of ether oxygens (including phenoxy) is 4. The van der Waals surface area contributed by atoms with Crippen molar-refractivity contribution in [1.82, 2.24) is 0 Å². The highest BCUT2D eigenvalue weighted by atomic mass is 16.8. The minimum Gasteiger partial charge on any atom is -0.426 e. The molecule has 0 amide bonds. The molecule has 1 aromatic carbocycles. The summed E-state index contributed by atoms with van der Waals surface area (Å²) in [6, 6.07) is 7.44. The number of hydrogen-bond acceptors (Lipinski definition) is 5. The molecule has 1 aromatic rings. The fourth-order valence-electron chi connectivity index (χ4n) is 3.32. The summed E-state index contributed by atoms with van der Waals surface area (Å²) in [7, 11) is 0. The quantitative estimate of drug-likeness (QED) is 0.522. The number of esters is 1. The Balaban J connectivity index is 1.92. The molecule has 1 unspecified atom stereocenters. The van der Waals surface area contributed by atoms with Crippen LogP contribution in [-0.2, 0) is 24.6 Å². The van der Waals surface area contributed by atoms with E-state index in [0.717, 1.165) is 5.56 Å². The average molecular weight is 262 g/mol. The normalized spacial score (nSPS) is 31.7. The Kier molecular flexibility index (Phi) is 2.27. The summed E-state index contributed by atoms with van der Waals surface area (Å²) in [5.74, 6) is -0.610. The molecule has 2 spiro atoms. The molecule has 0 N–H and O–H groups in total. The fourth-order valence-corrected chi connectivity index (χ4v) is 3.32. The van der Waals surface area contributed by atoms with Gasteiger partial charge < -0.3 is 18.9 Å². The molecule has 3 aliphatic heterocycles. The average Bonchev–Trinajstić information content (AvgIpc) is 3.00. The van der Waals surface area contributed by atoms with Crippen molar-refractivity contribution in [2.24, 2.45) is 0 Å². The monoisotopic (exact) mass is 262 g/mol. The predicted molar refractivity (Wildman–Crippen MR) is 63.6 cm³/mol. The van der Waals surface area contributed by atoms with Crippen LogP contribution in [0, 0.1) is 0 Å². The summed E-state index contributed by atoms with van der Waals surface area (Å²) in [5.41, 5.74) is -0.0240. The molecule has 19 heavy (non-hydrogen) atoms. The Bertz CT molecular complexity index is 529. The van der Waals surface area contributed by atoms with Gasteiger partial charge in [-0.05, 0) is 6.07 Å². The van der Waals surface area contributed by atoms with Crippen LogP contribution in [0.15, 0.2) is 24.3 Å². The highest BCUT2D eigenvalue weighted by molar-refractivity contribution is 5.77. The van der Waals surface area contributed by atoms with Crippen molar-refractivity contribution < 1.29 is 23.7 Å². The number of carbonyl (C=O) groups is 1. The van der Waals surface area contributed by atoms with E-state index in [1.807, 2.05) is 18.2 Å². The van der Waals surface area contributed by atoms with Gasteiger partial charge in [-0.15, -0.1) is 0 Å². The molecular weight excluding hydrogens is 248 g/mol. The third-order valence-electron chi connectivity index (χ3n) is 4.09. The SMILES string of the molecule is O=C1CC2(OCCC23OCCO3)c2ccccc2O1. The van der Waals surface area contributed by atoms with Gasteiger partial charge in [-0.25, -0.2) is 0 Å². The summed E-state index contributed by atoms with van der Waals surface area (Å²) in [6.45, 7) is 1.58. The fraction of sp³-hybridized carbons (Fsp3) is 0.500. The van der Waals surface area contributed by atoms with Gasteiger partial charge in [-0.1, -0.05) is 18.2 Å². The second kappa shape index (κ2) is 3.79. The Morgan fingerprint density at radius 3 is 2.63 bits per heavy atom. The van der Waals surface area contributed by atoms with Crippen molar-refractivity contribution in [3.8, 4) is 5.75 Å². The van der Waals surface area contributed by atoms with Gasteiger partial charge >= 0.3 is 5.97 Å². The third-order valence-corrected chi connectivity index (χ3v) is 4.09. The highest BCUT2D eigenvalue weighted by Gasteiger charge is 2.65. The van der Waals surface area contributed by atoms with Gasteiger partial charge in [0.2, 0.25) is 5.79 Å². The van der Waals surface area contributed by atoms with Crippen LogP contribution in [0.1, 0.15) is 18.4 Å². The second-order valence-electron chi connectivity index (χ2n) is 5.02. The van der Waals surface area contributed by atoms with Crippen LogP contribution in [0.25, 0.3) is 0 Å². The first-order chi connectivity index (χ1) is 9.26. The summed E-state index contributed by atoms with van der Waals surface area (Å²) >= 11 is 0. The van der Waals surface area contributed by atoms with Crippen LogP contribution in [0.2, 0.25) is 0 Å². The summed E-state index contributed by atoms with van der Waals surface area (Å²) < 4.78 is 22.9. The van der Waals surface area contributed by atoms with Crippen molar-refractivity contribution in [1.29, 1.82) is 0 Å². The van der Waals surface area contributed by atoms with Crippen molar-refractivity contribution in [2.75, 3.05) is 19.8 Å². The third kappa shape index (κ3) is 1.38. The lowest BCUT2D eigenvalue weighted by Gasteiger charge is -2.42. The van der Waals surface area contributed by atoms with Crippen LogP contribution in [0.4, 0.5) is 0 Å². The first-order valence-electron chi connectivity index (χ1n) is 6.48. The van der Waals surface area contributed by atoms with E-state index in [9.17, 15) is 4.79 Å². The summed E-state index contributed by atoms with van der Waals surface area (Å²) in [6.07, 6.45) is 0.763. The van der Waals surface area contributed by atoms with Crippen molar-refractivity contribution in [2.45, 2.75) is 24.2 Å². The molecule has 4 rings (SSSR count). The largest absolute Gasteiger partial charge is 0.426 e. The number of para-hydroxylation sites is 1. The molecule has 3 heterocycles. The number of carbonyl (C=O) groups excluding carboxylic acids is 1. The molecule has 1 atom stereocenters. The highest BCUT2D eigenvalue weighted by Crippen LogP contribution is 2.55. The maximum Gasteiger partial charge on any atom is 0.314 e. The van der Waals surface area contributed by atoms with E-state index in [4.69, 9.17) is 18.9 Å². The molecular formula is C14H14O5. The maximum absolute atomic E-state index is 11.9. The van der Waals surface area contributed by atoms with E-state index in [1.54, 1.807) is 6.07 Å². The van der Waals surface area contributed by atoms with Gasteiger partial charge in [0.1, 0.15) is 5.75 Å². The maximum atomic E-state index is 11.9. The van der Waals surface area contributed by atoms with E-state index in [2.05, 4.69) is 0 Å². The van der Waals surface area contributed by atoms with E-state index in [-0.39, 0.29) is 12.4 Å². The van der Waals surface area contributed by atoms with Gasteiger partial charge in [-0.2, -0.15) is 0 Å². The van der Waals surface area contributed by atoms with Crippen LogP contribution in [0.3, 0.4) is 0 Å². The lowest BCUT2D eigenvalue weighted by molar-refractivity contribution is -0.250. The number of benzene rings is 1. The smallest absolute Gasteiger partial charge is 0.314 e. The predicted octanol–water partition coefficient (Wildman–Crippen LogP) is 1.35. The van der Waals surface area contributed by atoms with Crippen LogP contribution in [-0.4, -0.2) is 31.6 Å². The van der Waals surface area contributed by atoms with Gasteiger partial charge in [-0.3, -0.25) is 4.79 Å². The molecule has 0 aliphatic carbocycles. The standard InChI is InChI=1S/C14H14O5/c15-12-9-13(10-3-1-2-4-11(10)19-12)14(5-6-16-13)17-7-8-18-14/h1-4H,5-9H2. The summed E-state index contributed by atoms with van der Waals surface area (Å²) in [5, 5.41) is 0. The molecule has 0 aromatic heterocycles. The van der Waals surface area contributed by atoms with Gasteiger partial charge in [0.15, 0.2) is 5.60 Å². The van der Waals surface area contributed by atoms with E-state index >= 15 is 0 Å².